The molecule has 1 aromatic carbocycles. The lowest BCUT2D eigenvalue weighted by molar-refractivity contribution is 0.0775. The first-order chi connectivity index (χ1) is 9.10. The molecule has 2 aromatic rings. The molecule has 1 heterocycles. The van der Waals surface area contributed by atoms with Crippen LogP contribution >= 0.6 is 31.9 Å². The molecule has 2 rings (SSSR count). The summed E-state index contributed by atoms with van der Waals surface area (Å²) in [5.41, 5.74) is 1.83. The molecule has 3 nitrogen and oxygen atoms in total. The minimum Gasteiger partial charge on any atom is -0.452 e. The van der Waals surface area contributed by atoms with Gasteiger partial charge in [-0.3, -0.25) is 4.79 Å². The van der Waals surface area contributed by atoms with Crippen LogP contribution in [-0.4, -0.2) is 17.9 Å². The quantitative estimate of drug-likeness (QED) is 0.737. The number of carbonyl (C=O) groups is 1. The SMILES string of the molecule is CN(Cc1ccc(Br)o1)C(=O)c1ccc(CBr)cc1. The molecule has 0 unspecified atom stereocenters. The molecule has 0 fully saturated rings. The Morgan fingerprint density at radius 2 is 1.89 bits per heavy atom. The van der Waals surface area contributed by atoms with E-state index in [1.807, 2.05) is 36.4 Å². The summed E-state index contributed by atoms with van der Waals surface area (Å²) in [7, 11) is 1.76. The van der Waals surface area contributed by atoms with E-state index in [-0.39, 0.29) is 5.91 Å². The van der Waals surface area contributed by atoms with Gasteiger partial charge in [0, 0.05) is 17.9 Å². The van der Waals surface area contributed by atoms with Crippen molar-refractivity contribution in [2.45, 2.75) is 11.9 Å². The summed E-state index contributed by atoms with van der Waals surface area (Å²) in [6.07, 6.45) is 0. The third-order valence-electron chi connectivity index (χ3n) is 2.72. The third kappa shape index (κ3) is 3.70. The second-order valence-corrected chi connectivity index (χ2v) is 5.54. The number of furan rings is 1. The number of alkyl halides is 1. The molecule has 100 valence electrons. The Morgan fingerprint density at radius 1 is 1.21 bits per heavy atom. The van der Waals surface area contributed by atoms with Crippen LogP contribution in [0.15, 0.2) is 45.5 Å². The van der Waals surface area contributed by atoms with Crippen LogP contribution in [0.2, 0.25) is 0 Å². The standard InChI is InChI=1S/C14H13Br2NO2/c1-17(9-12-6-7-13(16)19-12)14(18)11-4-2-10(8-15)3-5-11/h2-7H,8-9H2,1H3. The van der Waals surface area contributed by atoms with Gasteiger partial charge in [0.2, 0.25) is 0 Å². The lowest BCUT2D eigenvalue weighted by Gasteiger charge is -2.15. The number of nitrogens with zero attached hydrogens (tertiary/aromatic N) is 1. The highest BCUT2D eigenvalue weighted by Crippen LogP contribution is 2.16. The molecule has 0 bridgehead atoms. The highest BCUT2D eigenvalue weighted by Gasteiger charge is 2.13. The van der Waals surface area contributed by atoms with Crippen molar-refractivity contribution in [3.63, 3.8) is 0 Å². The second-order valence-electron chi connectivity index (χ2n) is 4.20. The van der Waals surface area contributed by atoms with Gasteiger partial charge in [-0.15, -0.1) is 0 Å². The van der Waals surface area contributed by atoms with Gasteiger partial charge < -0.3 is 9.32 Å². The lowest BCUT2D eigenvalue weighted by Crippen LogP contribution is -2.25. The summed E-state index contributed by atoms with van der Waals surface area (Å²) in [4.78, 5) is 13.8. The maximum Gasteiger partial charge on any atom is 0.254 e. The number of amides is 1. The average molecular weight is 387 g/mol. The minimum absolute atomic E-state index is 0.0198. The van der Waals surface area contributed by atoms with Crippen molar-refractivity contribution >= 4 is 37.8 Å². The molecule has 0 spiro atoms. The Labute approximate surface area is 128 Å². The van der Waals surface area contributed by atoms with Crippen molar-refractivity contribution in [3.05, 3.63) is 58.0 Å². The Hall–Kier alpha value is -1.07. The number of halogens is 2. The first-order valence-electron chi connectivity index (χ1n) is 5.74. The van der Waals surface area contributed by atoms with Crippen LogP contribution in [0, 0.1) is 0 Å². The van der Waals surface area contributed by atoms with Gasteiger partial charge in [-0.2, -0.15) is 0 Å². The highest BCUT2D eigenvalue weighted by molar-refractivity contribution is 9.10. The van der Waals surface area contributed by atoms with Gasteiger partial charge in [-0.05, 0) is 45.8 Å². The molecule has 0 aliphatic carbocycles. The normalized spacial score (nSPS) is 10.5. The molecular formula is C14H13Br2NO2. The van der Waals surface area contributed by atoms with E-state index in [1.54, 1.807) is 11.9 Å². The summed E-state index contributed by atoms with van der Waals surface area (Å²) >= 11 is 6.63. The van der Waals surface area contributed by atoms with Crippen molar-refractivity contribution in [2.24, 2.45) is 0 Å². The Morgan fingerprint density at radius 3 is 2.42 bits per heavy atom. The van der Waals surface area contributed by atoms with Crippen LogP contribution in [0.25, 0.3) is 0 Å². The van der Waals surface area contributed by atoms with E-state index in [1.165, 1.54) is 0 Å². The predicted molar refractivity (Wildman–Crippen MR) is 81.3 cm³/mol. The summed E-state index contributed by atoms with van der Waals surface area (Å²) < 4.78 is 6.06. The van der Waals surface area contributed by atoms with Gasteiger partial charge >= 0.3 is 0 Å². The minimum atomic E-state index is -0.0198. The van der Waals surface area contributed by atoms with E-state index < -0.39 is 0 Å². The summed E-state index contributed by atoms with van der Waals surface area (Å²) in [5, 5.41) is 0.789. The van der Waals surface area contributed by atoms with E-state index in [0.717, 1.165) is 16.7 Å². The van der Waals surface area contributed by atoms with Crippen LogP contribution in [0.5, 0.6) is 0 Å². The molecule has 0 aliphatic rings. The topological polar surface area (TPSA) is 33.5 Å². The van der Waals surface area contributed by atoms with Crippen molar-refractivity contribution in [2.75, 3.05) is 7.05 Å². The molecule has 0 atom stereocenters. The molecule has 5 heteroatoms. The first kappa shape index (κ1) is 14.3. The summed E-state index contributed by atoms with van der Waals surface area (Å²) in [6.45, 7) is 0.449. The van der Waals surface area contributed by atoms with E-state index in [4.69, 9.17) is 4.42 Å². The zero-order chi connectivity index (χ0) is 13.8. The third-order valence-corrected chi connectivity index (χ3v) is 3.80. The molecule has 0 aliphatic heterocycles. The second kappa shape index (κ2) is 6.39. The maximum atomic E-state index is 12.2. The summed E-state index contributed by atoms with van der Waals surface area (Å²) in [5.74, 6) is 0.730. The van der Waals surface area contributed by atoms with Crippen LogP contribution in [-0.2, 0) is 11.9 Å². The predicted octanol–water partition coefficient (Wildman–Crippen LogP) is 4.21. The van der Waals surface area contributed by atoms with Gasteiger partial charge in [-0.1, -0.05) is 28.1 Å². The van der Waals surface area contributed by atoms with Crippen LogP contribution < -0.4 is 0 Å². The van der Waals surface area contributed by atoms with Crippen LogP contribution in [0.4, 0.5) is 0 Å². The van der Waals surface area contributed by atoms with Gasteiger partial charge in [-0.25, -0.2) is 0 Å². The molecule has 1 aromatic heterocycles. The number of carbonyl (C=O) groups excluding carboxylic acids is 1. The van der Waals surface area contributed by atoms with E-state index in [9.17, 15) is 4.79 Å². The zero-order valence-corrected chi connectivity index (χ0v) is 13.6. The molecular weight excluding hydrogens is 374 g/mol. The fourth-order valence-electron chi connectivity index (χ4n) is 1.70. The van der Waals surface area contributed by atoms with Crippen molar-refractivity contribution in [1.82, 2.24) is 4.90 Å². The number of benzene rings is 1. The molecule has 19 heavy (non-hydrogen) atoms. The van der Waals surface area contributed by atoms with Gasteiger partial charge in [0.25, 0.3) is 5.91 Å². The number of hydrogen-bond acceptors (Lipinski definition) is 2. The van der Waals surface area contributed by atoms with Gasteiger partial charge in [0.05, 0.1) is 6.54 Å². The van der Waals surface area contributed by atoms with Crippen molar-refractivity contribution in [3.8, 4) is 0 Å². The summed E-state index contributed by atoms with van der Waals surface area (Å²) in [6, 6.07) is 11.2. The molecule has 1 amide bonds. The van der Waals surface area contributed by atoms with E-state index in [2.05, 4.69) is 31.9 Å². The number of rotatable bonds is 4. The fraction of sp³-hybridized carbons (Fsp3) is 0.214. The molecule has 0 saturated heterocycles. The van der Waals surface area contributed by atoms with Crippen LogP contribution in [0.3, 0.4) is 0 Å². The Kier molecular flexibility index (Phi) is 4.82. The maximum absolute atomic E-state index is 12.2. The Balaban J connectivity index is 2.05. The van der Waals surface area contributed by atoms with Gasteiger partial charge in [0.1, 0.15) is 5.76 Å². The lowest BCUT2D eigenvalue weighted by atomic mass is 10.1. The largest absolute Gasteiger partial charge is 0.452 e. The molecule has 0 N–H and O–H groups in total. The first-order valence-corrected chi connectivity index (χ1v) is 7.66. The van der Waals surface area contributed by atoms with E-state index in [0.29, 0.717) is 16.8 Å². The van der Waals surface area contributed by atoms with Crippen molar-refractivity contribution in [1.29, 1.82) is 0 Å². The zero-order valence-electron chi connectivity index (χ0n) is 10.4. The van der Waals surface area contributed by atoms with Crippen molar-refractivity contribution < 1.29 is 9.21 Å². The fourth-order valence-corrected chi connectivity index (χ4v) is 2.41. The number of hydrogen-bond donors (Lipinski definition) is 0. The molecule has 0 saturated carbocycles. The van der Waals surface area contributed by atoms with Crippen LogP contribution in [0.1, 0.15) is 21.7 Å². The molecule has 0 radical (unpaired) electrons. The average Bonchev–Trinajstić information content (AvgIpc) is 2.83. The smallest absolute Gasteiger partial charge is 0.254 e. The highest BCUT2D eigenvalue weighted by atomic mass is 79.9. The monoisotopic (exact) mass is 385 g/mol. The van der Waals surface area contributed by atoms with E-state index >= 15 is 0 Å². The van der Waals surface area contributed by atoms with Gasteiger partial charge in [0.15, 0.2) is 4.67 Å². The Bertz CT molecular complexity index is 563.